The van der Waals surface area contributed by atoms with Crippen LogP contribution >= 0.6 is 0 Å². The fraction of sp³-hybridized carbons (Fsp3) is 0.769. The third-order valence-corrected chi connectivity index (χ3v) is 10.1. The van der Waals surface area contributed by atoms with Crippen molar-refractivity contribution in [3.8, 4) is 0 Å². The monoisotopic (exact) mass is 346 g/mol. The van der Waals surface area contributed by atoms with Gasteiger partial charge < -0.3 is 0 Å². The van der Waals surface area contributed by atoms with Crippen molar-refractivity contribution in [2.45, 2.75) is 77.0 Å². The Kier molecular flexibility index (Phi) is 3.02. The highest BCUT2D eigenvalue weighted by atomic mass is 14.6. The molecule has 7 atom stereocenters. The highest BCUT2D eigenvalue weighted by Gasteiger charge is 2.58. The van der Waals surface area contributed by atoms with Gasteiger partial charge in [0.05, 0.1) is 0 Å². The van der Waals surface area contributed by atoms with Crippen LogP contribution in [0, 0.1) is 46.8 Å². The summed E-state index contributed by atoms with van der Waals surface area (Å²) in [4.78, 5) is 0. The summed E-state index contributed by atoms with van der Waals surface area (Å²) in [5.74, 6) is 6.63. The molecule has 0 N–H and O–H groups in total. The first-order valence-corrected chi connectivity index (χ1v) is 12.0. The zero-order valence-electron chi connectivity index (χ0n) is 16.3. The van der Waals surface area contributed by atoms with Gasteiger partial charge in [-0.3, -0.25) is 0 Å². The van der Waals surface area contributed by atoms with Crippen molar-refractivity contribution >= 4 is 0 Å². The average molecular weight is 347 g/mol. The zero-order chi connectivity index (χ0) is 16.9. The van der Waals surface area contributed by atoms with Gasteiger partial charge in [-0.2, -0.15) is 0 Å². The quantitative estimate of drug-likeness (QED) is 0.491. The molecule has 7 aliphatic carbocycles. The molecule has 0 heteroatoms. The lowest BCUT2D eigenvalue weighted by Gasteiger charge is -2.46. The number of allylic oxidation sites excluding steroid dienone is 6. The molecule has 26 heavy (non-hydrogen) atoms. The summed E-state index contributed by atoms with van der Waals surface area (Å²) in [5, 5.41) is 0. The third-order valence-electron chi connectivity index (χ3n) is 10.1. The largest absolute Gasteiger partial charge is 0.0816 e. The van der Waals surface area contributed by atoms with Gasteiger partial charge in [0.1, 0.15) is 0 Å². The Hall–Kier alpha value is -0.780. The SMILES string of the molecule is C1=C(C2CCCC2(C2=CC3CCC2C3)C2=CC3CCC2C3)C2CCC1C2. The van der Waals surface area contributed by atoms with Crippen LogP contribution in [0.3, 0.4) is 0 Å². The topological polar surface area (TPSA) is 0 Å². The van der Waals surface area contributed by atoms with E-state index in [1.165, 1.54) is 77.0 Å². The van der Waals surface area contributed by atoms with E-state index in [0.717, 1.165) is 41.4 Å². The second-order valence-corrected chi connectivity index (χ2v) is 11.1. The number of hydrogen-bond acceptors (Lipinski definition) is 0. The van der Waals surface area contributed by atoms with E-state index in [2.05, 4.69) is 18.2 Å². The summed E-state index contributed by atoms with van der Waals surface area (Å²) in [7, 11) is 0. The third kappa shape index (κ3) is 1.83. The van der Waals surface area contributed by atoms with Gasteiger partial charge in [0.15, 0.2) is 0 Å². The first kappa shape index (κ1) is 15.2. The molecule has 0 aromatic rings. The van der Waals surface area contributed by atoms with Crippen LogP contribution in [-0.4, -0.2) is 0 Å². The highest BCUT2D eigenvalue weighted by Crippen LogP contribution is 2.68. The molecule has 0 amide bonds. The second kappa shape index (κ2) is 5.18. The van der Waals surface area contributed by atoms with Crippen molar-refractivity contribution in [3.05, 3.63) is 34.9 Å². The lowest BCUT2D eigenvalue weighted by molar-refractivity contribution is 0.277. The Morgan fingerprint density at radius 1 is 0.615 bits per heavy atom. The first-order chi connectivity index (χ1) is 12.8. The molecule has 0 heterocycles. The molecule has 0 radical (unpaired) electrons. The molecule has 7 aliphatic rings. The van der Waals surface area contributed by atoms with E-state index >= 15 is 0 Å². The number of hydrogen-bond donors (Lipinski definition) is 0. The van der Waals surface area contributed by atoms with Gasteiger partial charge >= 0.3 is 0 Å². The maximum absolute atomic E-state index is 2.84. The summed E-state index contributed by atoms with van der Waals surface area (Å²) in [6.07, 6.45) is 26.5. The summed E-state index contributed by atoms with van der Waals surface area (Å²) in [6, 6.07) is 0. The van der Waals surface area contributed by atoms with Gasteiger partial charge in [0, 0.05) is 5.41 Å². The summed E-state index contributed by atoms with van der Waals surface area (Å²) in [6.45, 7) is 0. The highest BCUT2D eigenvalue weighted by molar-refractivity contribution is 5.45. The Morgan fingerprint density at radius 3 is 1.65 bits per heavy atom. The van der Waals surface area contributed by atoms with E-state index in [1.807, 2.05) is 16.7 Å². The van der Waals surface area contributed by atoms with Crippen LogP contribution in [-0.2, 0) is 0 Å². The maximum atomic E-state index is 2.84. The van der Waals surface area contributed by atoms with Gasteiger partial charge in [-0.15, -0.1) is 0 Å². The van der Waals surface area contributed by atoms with Crippen LogP contribution in [0.15, 0.2) is 34.9 Å². The van der Waals surface area contributed by atoms with Crippen molar-refractivity contribution in [1.29, 1.82) is 0 Å². The molecule has 6 bridgehead atoms. The fourth-order valence-electron chi connectivity index (χ4n) is 9.30. The normalized spacial score (nSPS) is 53.5. The van der Waals surface area contributed by atoms with Crippen molar-refractivity contribution in [2.75, 3.05) is 0 Å². The number of fused-ring (bicyclic) bond motifs is 6. The van der Waals surface area contributed by atoms with Crippen LogP contribution in [0.2, 0.25) is 0 Å². The zero-order valence-corrected chi connectivity index (χ0v) is 16.3. The Balaban J connectivity index is 1.38. The molecule has 0 aromatic carbocycles. The molecule has 0 aliphatic heterocycles. The lowest BCUT2D eigenvalue weighted by Crippen LogP contribution is -2.36. The molecule has 138 valence electrons. The van der Waals surface area contributed by atoms with Gasteiger partial charge in [-0.25, -0.2) is 0 Å². The standard InChI is InChI=1S/C26H34/c1-2-23(22-13-16-3-6-19(22)10-16)26(9-1,24-14-17-4-7-20(24)11-17)25-15-18-5-8-21(25)12-18/h13-21,23H,1-12H2. The van der Waals surface area contributed by atoms with E-state index in [1.54, 1.807) is 0 Å². The van der Waals surface area contributed by atoms with Crippen molar-refractivity contribution in [3.63, 3.8) is 0 Å². The van der Waals surface area contributed by atoms with Gasteiger partial charge in [0.2, 0.25) is 0 Å². The van der Waals surface area contributed by atoms with Crippen LogP contribution in [0.4, 0.5) is 0 Å². The van der Waals surface area contributed by atoms with Crippen molar-refractivity contribution in [2.24, 2.45) is 46.8 Å². The van der Waals surface area contributed by atoms with E-state index in [9.17, 15) is 0 Å². The maximum Gasteiger partial charge on any atom is 0.0191 e. The summed E-state index contributed by atoms with van der Waals surface area (Å²) in [5.41, 5.74) is 6.43. The minimum atomic E-state index is 0.496. The molecule has 0 spiro atoms. The van der Waals surface area contributed by atoms with E-state index in [4.69, 9.17) is 0 Å². The molecular weight excluding hydrogens is 312 g/mol. The first-order valence-electron chi connectivity index (χ1n) is 12.0. The van der Waals surface area contributed by atoms with Gasteiger partial charge in [-0.1, -0.05) is 41.4 Å². The Morgan fingerprint density at radius 2 is 1.19 bits per heavy atom. The van der Waals surface area contributed by atoms with Crippen molar-refractivity contribution < 1.29 is 0 Å². The van der Waals surface area contributed by atoms with Gasteiger partial charge in [0.25, 0.3) is 0 Å². The molecule has 7 unspecified atom stereocenters. The minimum absolute atomic E-state index is 0.496. The van der Waals surface area contributed by atoms with Crippen molar-refractivity contribution in [1.82, 2.24) is 0 Å². The molecule has 4 fully saturated rings. The van der Waals surface area contributed by atoms with E-state index in [0.29, 0.717) is 5.41 Å². The summed E-state index contributed by atoms with van der Waals surface area (Å²) < 4.78 is 0. The Bertz CT molecular complexity index is 697. The predicted octanol–water partition coefficient (Wildman–Crippen LogP) is 6.84. The second-order valence-electron chi connectivity index (χ2n) is 11.1. The summed E-state index contributed by atoms with van der Waals surface area (Å²) >= 11 is 0. The lowest BCUT2D eigenvalue weighted by atomic mass is 9.58. The fourth-order valence-corrected chi connectivity index (χ4v) is 9.30. The van der Waals surface area contributed by atoms with Crippen LogP contribution in [0.25, 0.3) is 0 Å². The van der Waals surface area contributed by atoms with Crippen LogP contribution in [0.1, 0.15) is 77.0 Å². The predicted molar refractivity (Wildman–Crippen MR) is 107 cm³/mol. The molecular formula is C26H34. The number of rotatable bonds is 3. The van der Waals surface area contributed by atoms with E-state index < -0.39 is 0 Å². The molecule has 0 aromatic heterocycles. The Labute approximate surface area is 159 Å². The minimum Gasteiger partial charge on any atom is -0.0816 e. The molecule has 7 rings (SSSR count). The van der Waals surface area contributed by atoms with Crippen LogP contribution < -0.4 is 0 Å². The molecule has 0 saturated heterocycles. The van der Waals surface area contributed by atoms with Crippen LogP contribution in [0.5, 0.6) is 0 Å². The average Bonchev–Trinajstić information content (AvgIpc) is 3.49. The molecule has 0 nitrogen and oxygen atoms in total. The smallest absolute Gasteiger partial charge is 0.0191 e. The van der Waals surface area contributed by atoms with Gasteiger partial charge in [-0.05, 0) is 112 Å². The molecule has 4 saturated carbocycles. The van der Waals surface area contributed by atoms with E-state index in [-0.39, 0.29) is 0 Å².